The van der Waals surface area contributed by atoms with E-state index in [4.69, 9.17) is 0 Å². The Morgan fingerprint density at radius 3 is 2.38 bits per heavy atom. The highest BCUT2D eigenvalue weighted by Crippen LogP contribution is 2.48. The molecule has 2 bridgehead atoms. The van der Waals surface area contributed by atoms with E-state index < -0.39 is 5.60 Å². The number of nitrogens with zero attached hydrogens (tertiary/aromatic N) is 2. The number of pyridine rings is 1. The topological polar surface area (TPSA) is 36.4 Å². The Hall–Kier alpha value is -0.930. The number of aryl methyl sites for hydroxylation is 1. The van der Waals surface area contributed by atoms with E-state index in [1.807, 2.05) is 6.20 Å². The van der Waals surface area contributed by atoms with Gasteiger partial charge in [0.1, 0.15) is 5.60 Å². The summed E-state index contributed by atoms with van der Waals surface area (Å²) in [4.78, 5) is 7.30. The molecule has 0 aromatic carbocycles. The minimum absolute atomic E-state index is 0.351. The first-order valence-corrected chi connectivity index (χ1v) is 10.0. The molecule has 1 aromatic rings. The fourth-order valence-electron chi connectivity index (χ4n) is 5.55. The molecule has 3 heteroatoms. The van der Waals surface area contributed by atoms with Crippen LogP contribution in [0.3, 0.4) is 0 Å². The zero-order valence-electron chi connectivity index (χ0n) is 15.1. The average Bonchev–Trinajstić information content (AvgIpc) is 2.57. The van der Waals surface area contributed by atoms with Gasteiger partial charge in [0.25, 0.3) is 0 Å². The number of piperidine rings is 1. The summed E-state index contributed by atoms with van der Waals surface area (Å²) >= 11 is 0. The minimum atomic E-state index is -0.699. The van der Waals surface area contributed by atoms with Crippen molar-refractivity contribution in [2.75, 3.05) is 19.6 Å². The molecule has 132 valence electrons. The van der Waals surface area contributed by atoms with Crippen molar-refractivity contribution in [2.45, 2.75) is 63.9 Å². The van der Waals surface area contributed by atoms with Crippen LogP contribution in [0.5, 0.6) is 0 Å². The van der Waals surface area contributed by atoms with Gasteiger partial charge < -0.3 is 10.0 Å². The molecule has 24 heavy (non-hydrogen) atoms. The van der Waals surface area contributed by atoms with Crippen molar-refractivity contribution in [3.8, 4) is 0 Å². The molecular formula is C21H32N2O. The van der Waals surface area contributed by atoms with Crippen molar-refractivity contribution in [1.82, 2.24) is 9.88 Å². The summed E-state index contributed by atoms with van der Waals surface area (Å²) in [6.07, 6.45) is 12.6. The van der Waals surface area contributed by atoms with E-state index in [0.29, 0.717) is 11.8 Å². The van der Waals surface area contributed by atoms with E-state index in [1.54, 1.807) is 0 Å². The van der Waals surface area contributed by atoms with E-state index in [-0.39, 0.29) is 0 Å². The maximum atomic E-state index is 11.6. The highest BCUT2D eigenvalue weighted by atomic mass is 16.3. The molecule has 2 heterocycles. The number of hydrogen-bond acceptors (Lipinski definition) is 3. The monoisotopic (exact) mass is 328 g/mol. The van der Waals surface area contributed by atoms with Crippen molar-refractivity contribution in [2.24, 2.45) is 17.8 Å². The van der Waals surface area contributed by atoms with Crippen molar-refractivity contribution in [3.63, 3.8) is 0 Å². The molecule has 2 aliphatic carbocycles. The first-order valence-electron chi connectivity index (χ1n) is 10.0. The summed E-state index contributed by atoms with van der Waals surface area (Å²) < 4.78 is 0. The largest absolute Gasteiger partial charge is 0.383 e. The van der Waals surface area contributed by atoms with Gasteiger partial charge in [-0.25, -0.2) is 0 Å². The molecule has 2 saturated carbocycles. The molecule has 1 aliphatic heterocycles. The Bertz CT molecular complexity index is 535. The maximum Gasteiger partial charge on any atom is 0.114 e. The quantitative estimate of drug-likeness (QED) is 0.914. The predicted molar refractivity (Wildman–Crippen MR) is 96.7 cm³/mol. The summed E-state index contributed by atoms with van der Waals surface area (Å²) in [7, 11) is 0. The van der Waals surface area contributed by atoms with Gasteiger partial charge in [-0.15, -0.1) is 0 Å². The van der Waals surface area contributed by atoms with Crippen molar-refractivity contribution >= 4 is 0 Å². The lowest BCUT2D eigenvalue weighted by Gasteiger charge is -2.53. The van der Waals surface area contributed by atoms with Crippen LogP contribution >= 0.6 is 0 Å². The molecule has 1 saturated heterocycles. The first-order chi connectivity index (χ1) is 11.7. The fourth-order valence-corrected chi connectivity index (χ4v) is 5.55. The van der Waals surface area contributed by atoms with Crippen LogP contribution in [0.2, 0.25) is 0 Å². The minimum Gasteiger partial charge on any atom is -0.383 e. The molecular weight excluding hydrogens is 296 g/mol. The van der Waals surface area contributed by atoms with E-state index in [0.717, 1.165) is 37.5 Å². The Labute approximate surface area is 146 Å². The smallest absolute Gasteiger partial charge is 0.114 e. The number of hydrogen-bond donors (Lipinski definition) is 1. The number of fused-ring (bicyclic) bond motifs is 2. The first kappa shape index (κ1) is 16.5. The van der Waals surface area contributed by atoms with Gasteiger partial charge >= 0.3 is 0 Å². The second-order valence-corrected chi connectivity index (χ2v) is 8.59. The third-order valence-electron chi connectivity index (χ3n) is 6.87. The normalized spacial score (nSPS) is 35.1. The van der Waals surface area contributed by atoms with Crippen LogP contribution in [0.25, 0.3) is 0 Å². The third-order valence-corrected chi connectivity index (χ3v) is 6.87. The molecule has 1 N–H and O–H groups in total. The van der Waals surface area contributed by atoms with Gasteiger partial charge in [0.2, 0.25) is 0 Å². The molecule has 1 aromatic heterocycles. The number of aliphatic hydroxyl groups is 1. The van der Waals surface area contributed by atoms with Crippen LogP contribution in [0, 0.1) is 24.7 Å². The molecule has 2 atom stereocenters. The van der Waals surface area contributed by atoms with E-state index >= 15 is 0 Å². The van der Waals surface area contributed by atoms with Crippen LogP contribution < -0.4 is 0 Å². The van der Waals surface area contributed by atoms with Crippen LogP contribution in [-0.2, 0) is 5.60 Å². The number of rotatable bonds is 3. The molecule has 0 spiro atoms. The molecule has 4 rings (SSSR count). The Morgan fingerprint density at radius 2 is 1.75 bits per heavy atom. The highest BCUT2D eigenvalue weighted by Gasteiger charge is 2.52. The highest BCUT2D eigenvalue weighted by molar-refractivity contribution is 5.22. The lowest BCUT2D eigenvalue weighted by molar-refractivity contribution is -0.151. The lowest BCUT2D eigenvalue weighted by atomic mass is 9.63. The average molecular weight is 329 g/mol. The standard InChI is InChI=1S/C21H32N2O/c1-16-10-11-20(22-12-16)21(24)18-8-5-9-19(21)15-23(14-18)13-17-6-3-2-4-7-17/h10-12,17-19,24H,2-9,13-15H2,1H3/t18-,19-/m1/s1. The van der Waals surface area contributed by atoms with E-state index in [1.165, 1.54) is 50.6 Å². The van der Waals surface area contributed by atoms with Crippen molar-refractivity contribution in [1.29, 1.82) is 0 Å². The molecule has 3 fully saturated rings. The van der Waals surface area contributed by atoms with E-state index in [2.05, 4.69) is 28.9 Å². The molecule has 0 amide bonds. The second-order valence-electron chi connectivity index (χ2n) is 8.59. The van der Waals surface area contributed by atoms with Crippen LogP contribution in [0.15, 0.2) is 18.3 Å². The van der Waals surface area contributed by atoms with E-state index in [9.17, 15) is 5.11 Å². The second kappa shape index (κ2) is 6.76. The third kappa shape index (κ3) is 3.01. The van der Waals surface area contributed by atoms with Gasteiger partial charge in [-0.3, -0.25) is 4.98 Å². The van der Waals surface area contributed by atoms with Crippen LogP contribution in [0.1, 0.15) is 62.6 Å². The summed E-state index contributed by atoms with van der Waals surface area (Å²) in [5.41, 5.74) is 1.39. The fraction of sp³-hybridized carbons (Fsp3) is 0.762. The lowest BCUT2D eigenvalue weighted by Crippen LogP contribution is -2.59. The van der Waals surface area contributed by atoms with Gasteiger partial charge in [0.15, 0.2) is 0 Å². The van der Waals surface area contributed by atoms with Gasteiger partial charge in [-0.1, -0.05) is 31.7 Å². The Morgan fingerprint density at radius 1 is 1.04 bits per heavy atom. The Kier molecular flexibility index (Phi) is 4.66. The van der Waals surface area contributed by atoms with Gasteiger partial charge in [-0.05, 0) is 50.2 Å². The Balaban J connectivity index is 1.51. The molecule has 0 radical (unpaired) electrons. The number of aromatic nitrogens is 1. The van der Waals surface area contributed by atoms with Crippen LogP contribution in [-0.4, -0.2) is 34.6 Å². The zero-order chi connectivity index (χ0) is 16.6. The van der Waals surface area contributed by atoms with Crippen LogP contribution in [0.4, 0.5) is 0 Å². The van der Waals surface area contributed by atoms with Gasteiger partial charge in [-0.2, -0.15) is 0 Å². The van der Waals surface area contributed by atoms with Gasteiger partial charge in [0.05, 0.1) is 5.69 Å². The number of likely N-dealkylation sites (tertiary alicyclic amines) is 1. The molecule has 3 nitrogen and oxygen atoms in total. The summed E-state index contributed by atoms with van der Waals surface area (Å²) in [5.74, 6) is 1.59. The SMILES string of the molecule is Cc1ccc(C2(O)[C@@H]3CCC[C@@H]2CN(CC2CCCCC2)C3)nc1. The molecule has 0 unspecified atom stereocenters. The van der Waals surface area contributed by atoms with Crippen molar-refractivity contribution in [3.05, 3.63) is 29.6 Å². The maximum absolute atomic E-state index is 11.6. The summed E-state index contributed by atoms with van der Waals surface area (Å²) in [5, 5.41) is 11.6. The van der Waals surface area contributed by atoms with Gasteiger partial charge in [0, 0.05) is 37.7 Å². The molecule has 3 aliphatic rings. The summed E-state index contributed by atoms with van der Waals surface area (Å²) in [6.45, 7) is 5.43. The predicted octanol–water partition coefficient (Wildman–Crippen LogP) is 3.89. The zero-order valence-corrected chi connectivity index (χ0v) is 15.1. The van der Waals surface area contributed by atoms with Crippen molar-refractivity contribution < 1.29 is 5.11 Å². The summed E-state index contributed by atoms with van der Waals surface area (Å²) in [6, 6.07) is 4.17.